The summed E-state index contributed by atoms with van der Waals surface area (Å²) in [5, 5.41) is 11.9. The van der Waals surface area contributed by atoms with Gasteiger partial charge in [-0.2, -0.15) is 0 Å². The van der Waals surface area contributed by atoms with Crippen molar-refractivity contribution in [3.05, 3.63) is 69.8 Å². The number of nitrogens with one attached hydrogen (secondary N) is 4. The SMILES string of the molecule is Cc1ccc(C)c(CNCCNC(=O)C(=O)NCCNCc2cc(C)ccc2C)c1. The van der Waals surface area contributed by atoms with Crippen LogP contribution in [0, 0.1) is 27.7 Å². The van der Waals surface area contributed by atoms with Crippen LogP contribution in [0.4, 0.5) is 0 Å². The molecule has 2 amide bonds. The highest BCUT2D eigenvalue weighted by molar-refractivity contribution is 6.35. The molecule has 0 atom stereocenters. The zero-order valence-electron chi connectivity index (χ0n) is 18.5. The molecular weight excluding hydrogens is 376 g/mol. The van der Waals surface area contributed by atoms with Crippen LogP contribution >= 0.6 is 0 Å². The third kappa shape index (κ3) is 7.97. The van der Waals surface area contributed by atoms with Crippen LogP contribution in [0.2, 0.25) is 0 Å². The molecule has 2 aromatic carbocycles. The van der Waals surface area contributed by atoms with Crippen LogP contribution in [0.15, 0.2) is 36.4 Å². The summed E-state index contributed by atoms with van der Waals surface area (Å²) < 4.78 is 0. The molecule has 0 aliphatic carbocycles. The van der Waals surface area contributed by atoms with Gasteiger partial charge in [-0.25, -0.2) is 0 Å². The number of carbonyl (C=O) groups excluding carboxylic acids is 2. The monoisotopic (exact) mass is 410 g/mol. The lowest BCUT2D eigenvalue weighted by Gasteiger charge is -2.11. The van der Waals surface area contributed by atoms with Crippen molar-refractivity contribution in [2.24, 2.45) is 0 Å². The first-order valence-electron chi connectivity index (χ1n) is 10.5. The highest BCUT2D eigenvalue weighted by Crippen LogP contribution is 2.10. The van der Waals surface area contributed by atoms with E-state index in [0.29, 0.717) is 26.2 Å². The van der Waals surface area contributed by atoms with Crippen molar-refractivity contribution in [3.63, 3.8) is 0 Å². The van der Waals surface area contributed by atoms with Crippen LogP contribution in [0.3, 0.4) is 0 Å². The molecule has 6 nitrogen and oxygen atoms in total. The zero-order chi connectivity index (χ0) is 21.9. The Bertz CT molecular complexity index is 793. The van der Waals surface area contributed by atoms with Crippen molar-refractivity contribution in [2.75, 3.05) is 26.2 Å². The van der Waals surface area contributed by atoms with Gasteiger partial charge in [-0.05, 0) is 49.9 Å². The minimum atomic E-state index is -0.599. The van der Waals surface area contributed by atoms with Crippen molar-refractivity contribution >= 4 is 11.8 Å². The Morgan fingerprint density at radius 2 is 1.03 bits per heavy atom. The Morgan fingerprint density at radius 3 is 1.43 bits per heavy atom. The second-order valence-corrected chi connectivity index (χ2v) is 7.73. The Hall–Kier alpha value is -2.70. The van der Waals surface area contributed by atoms with Gasteiger partial charge in [-0.3, -0.25) is 9.59 Å². The van der Waals surface area contributed by atoms with Crippen molar-refractivity contribution in [1.82, 2.24) is 21.3 Å². The maximum Gasteiger partial charge on any atom is 0.309 e. The summed E-state index contributed by atoms with van der Waals surface area (Å²) in [6.45, 7) is 11.8. The van der Waals surface area contributed by atoms with E-state index in [2.05, 4.69) is 85.4 Å². The minimum Gasteiger partial charge on any atom is -0.347 e. The van der Waals surface area contributed by atoms with Gasteiger partial charge in [0.2, 0.25) is 0 Å². The number of carbonyl (C=O) groups is 2. The quantitative estimate of drug-likeness (QED) is 0.357. The smallest absolute Gasteiger partial charge is 0.309 e. The summed E-state index contributed by atoms with van der Waals surface area (Å²) in [7, 11) is 0. The second-order valence-electron chi connectivity index (χ2n) is 7.73. The number of aryl methyl sites for hydroxylation is 4. The molecule has 0 radical (unpaired) electrons. The van der Waals surface area contributed by atoms with Crippen molar-refractivity contribution in [2.45, 2.75) is 40.8 Å². The van der Waals surface area contributed by atoms with E-state index in [0.717, 1.165) is 13.1 Å². The van der Waals surface area contributed by atoms with Crippen molar-refractivity contribution in [1.29, 1.82) is 0 Å². The number of rotatable bonds is 10. The highest BCUT2D eigenvalue weighted by atomic mass is 16.2. The molecule has 0 heterocycles. The van der Waals surface area contributed by atoms with E-state index in [1.165, 1.54) is 33.4 Å². The van der Waals surface area contributed by atoms with Crippen molar-refractivity contribution < 1.29 is 9.59 Å². The number of hydrogen-bond acceptors (Lipinski definition) is 4. The molecule has 0 bridgehead atoms. The summed E-state index contributed by atoms with van der Waals surface area (Å²) >= 11 is 0. The Balaban J connectivity index is 1.56. The van der Waals surface area contributed by atoms with E-state index in [9.17, 15) is 9.59 Å². The van der Waals surface area contributed by atoms with Crippen LogP contribution in [-0.2, 0) is 22.7 Å². The van der Waals surface area contributed by atoms with Gasteiger partial charge in [0.05, 0.1) is 0 Å². The Labute approximate surface area is 179 Å². The molecule has 0 spiro atoms. The van der Waals surface area contributed by atoms with Gasteiger partial charge in [0.25, 0.3) is 0 Å². The lowest BCUT2D eigenvalue weighted by Crippen LogP contribution is -2.43. The van der Waals surface area contributed by atoms with E-state index >= 15 is 0 Å². The summed E-state index contributed by atoms with van der Waals surface area (Å²) in [6, 6.07) is 12.7. The topological polar surface area (TPSA) is 82.3 Å². The van der Waals surface area contributed by atoms with Gasteiger partial charge in [-0.1, -0.05) is 47.5 Å². The fourth-order valence-corrected chi connectivity index (χ4v) is 3.12. The summed E-state index contributed by atoms with van der Waals surface area (Å²) in [4.78, 5) is 23.7. The number of amides is 2. The predicted octanol–water partition coefficient (Wildman–Crippen LogP) is 2.03. The first-order valence-corrected chi connectivity index (χ1v) is 10.5. The molecule has 0 fully saturated rings. The van der Waals surface area contributed by atoms with Crippen LogP contribution in [0.5, 0.6) is 0 Å². The molecule has 30 heavy (non-hydrogen) atoms. The number of hydrogen-bond donors (Lipinski definition) is 4. The molecule has 0 saturated carbocycles. The van der Waals surface area contributed by atoms with E-state index in [4.69, 9.17) is 0 Å². The summed E-state index contributed by atoms with van der Waals surface area (Å²) in [5.74, 6) is -1.20. The molecular formula is C24H34N4O2. The van der Waals surface area contributed by atoms with E-state index in [1.54, 1.807) is 0 Å². The second kappa shape index (κ2) is 12.1. The van der Waals surface area contributed by atoms with Gasteiger partial charge < -0.3 is 21.3 Å². The lowest BCUT2D eigenvalue weighted by atomic mass is 10.1. The molecule has 4 N–H and O–H groups in total. The molecule has 162 valence electrons. The van der Waals surface area contributed by atoms with Gasteiger partial charge in [0.15, 0.2) is 0 Å². The van der Waals surface area contributed by atoms with Gasteiger partial charge >= 0.3 is 11.8 Å². The maximum absolute atomic E-state index is 11.9. The lowest BCUT2D eigenvalue weighted by molar-refractivity contribution is -0.139. The predicted molar refractivity (Wildman–Crippen MR) is 121 cm³/mol. The largest absolute Gasteiger partial charge is 0.347 e. The average Bonchev–Trinajstić information content (AvgIpc) is 2.72. The first-order chi connectivity index (χ1) is 14.4. The highest BCUT2D eigenvalue weighted by Gasteiger charge is 2.11. The van der Waals surface area contributed by atoms with E-state index in [-0.39, 0.29) is 0 Å². The zero-order valence-corrected chi connectivity index (χ0v) is 18.5. The molecule has 0 aliphatic heterocycles. The van der Waals surface area contributed by atoms with Crippen LogP contribution in [-0.4, -0.2) is 38.0 Å². The van der Waals surface area contributed by atoms with E-state index in [1.807, 2.05) is 0 Å². The molecule has 0 aliphatic rings. The molecule has 6 heteroatoms. The maximum atomic E-state index is 11.9. The standard InChI is InChI=1S/C24H34N4O2/c1-17-5-7-19(3)21(13-17)15-25-9-11-27-23(29)24(30)28-12-10-26-16-22-14-18(2)6-8-20(22)4/h5-8,13-14,25-26H,9-12,15-16H2,1-4H3,(H,27,29)(H,28,30). The van der Waals surface area contributed by atoms with Crippen LogP contribution < -0.4 is 21.3 Å². The molecule has 0 aromatic heterocycles. The fourth-order valence-electron chi connectivity index (χ4n) is 3.12. The average molecular weight is 411 g/mol. The van der Waals surface area contributed by atoms with Crippen molar-refractivity contribution in [3.8, 4) is 0 Å². The van der Waals surface area contributed by atoms with Gasteiger partial charge in [-0.15, -0.1) is 0 Å². The molecule has 2 aromatic rings. The fraction of sp³-hybridized carbons (Fsp3) is 0.417. The Morgan fingerprint density at radius 1 is 0.633 bits per heavy atom. The van der Waals surface area contributed by atoms with Gasteiger partial charge in [0.1, 0.15) is 0 Å². The van der Waals surface area contributed by atoms with Gasteiger partial charge in [0, 0.05) is 39.3 Å². The molecule has 0 unspecified atom stereocenters. The van der Waals surface area contributed by atoms with Crippen LogP contribution in [0.25, 0.3) is 0 Å². The third-order valence-corrected chi connectivity index (χ3v) is 5.02. The Kier molecular flexibility index (Phi) is 9.51. The summed E-state index contributed by atoms with van der Waals surface area (Å²) in [5.41, 5.74) is 7.42. The molecule has 2 rings (SSSR count). The van der Waals surface area contributed by atoms with E-state index < -0.39 is 11.8 Å². The minimum absolute atomic E-state index is 0.405. The third-order valence-electron chi connectivity index (χ3n) is 5.02. The molecule has 0 saturated heterocycles. The first kappa shape index (κ1) is 23.6. The number of benzene rings is 2. The summed E-state index contributed by atoms with van der Waals surface area (Å²) in [6.07, 6.45) is 0. The van der Waals surface area contributed by atoms with Crippen LogP contribution in [0.1, 0.15) is 33.4 Å². The normalized spacial score (nSPS) is 10.7.